The Hall–Kier alpha value is -0.210. The highest BCUT2D eigenvalue weighted by molar-refractivity contribution is 7.87. The van der Waals surface area contributed by atoms with E-state index in [2.05, 4.69) is 4.72 Å². The number of nitrogens with one attached hydrogen (secondary N) is 1. The standard InChI is InChI=1S/C11H26N4O2S/c1-10(9-14(2)3)13-18(16,17)15-7-5-4-6-11(15)8-12/h10-11,13H,4-9,12H2,1-3H3. The molecule has 2 atom stereocenters. The van der Waals surface area contributed by atoms with Crippen molar-refractivity contribution in [2.75, 3.05) is 33.7 Å². The third kappa shape index (κ3) is 4.47. The van der Waals surface area contributed by atoms with Crippen molar-refractivity contribution in [3.63, 3.8) is 0 Å². The van der Waals surface area contributed by atoms with Gasteiger partial charge in [0, 0.05) is 31.7 Å². The van der Waals surface area contributed by atoms with Crippen LogP contribution in [-0.4, -0.2) is 63.4 Å². The molecule has 0 aromatic carbocycles. The molecule has 0 aromatic rings. The Morgan fingerprint density at radius 1 is 1.44 bits per heavy atom. The fraction of sp³-hybridized carbons (Fsp3) is 1.00. The molecule has 1 rings (SSSR count). The van der Waals surface area contributed by atoms with Crippen LogP contribution in [0.2, 0.25) is 0 Å². The van der Waals surface area contributed by atoms with Crippen molar-refractivity contribution in [3.8, 4) is 0 Å². The lowest BCUT2D eigenvalue weighted by atomic mass is 10.1. The summed E-state index contributed by atoms with van der Waals surface area (Å²) in [7, 11) is 0.437. The molecule has 0 amide bonds. The van der Waals surface area contributed by atoms with E-state index in [1.165, 1.54) is 4.31 Å². The highest BCUT2D eigenvalue weighted by Gasteiger charge is 2.32. The summed E-state index contributed by atoms with van der Waals surface area (Å²) in [5, 5.41) is 0. The van der Waals surface area contributed by atoms with Crippen LogP contribution in [0.25, 0.3) is 0 Å². The van der Waals surface area contributed by atoms with Gasteiger partial charge in [-0.2, -0.15) is 17.4 Å². The fourth-order valence-corrected chi connectivity index (χ4v) is 4.10. The van der Waals surface area contributed by atoms with Crippen LogP contribution in [0, 0.1) is 0 Å². The van der Waals surface area contributed by atoms with Crippen LogP contribution in [0.3, 0.4) is 0 Å². The first-order valence-electron chi connectivity index (χ1n) is 6.50. The molecule has 1 heterocycles. The average molecular weight is 278 g/mol. The summed E-state index contributed by atoms with van der Waals surface area (Å²) in [5.41, 5.74) is 5.66. The molecule has 0 radical (unpaired) electrons. The molecule has 2 unspecified atom stereocenters. The van der Waals surface area contributed by atoms with Gasteiger partial charge in [-0.25, -0.2) is 0 Å². The lowest BCUT2D eigenvalue weighted by Gasteiger charge is -2.34. The number of rotatable bonds is 6. The maximum atomic E-state index is 12.3. The van der Waals surface area contributed by atoms with Gasteiger partial charge in [0.2, 0.25) is 0 Å². The molecule has 0 aromatic heterocycles. The van der Waals surface area contributed by atoms with Gasteiger partial charge in [-0.05, 0) is 33.9 Å². The Morgan fingerprint density at radius 3 is 2.67 bits per heavy atom. The van der Waals surface area contributed by atoms with Crippen molar-refractivity contribution in [3.05, 3.63) is 0 Å². The van der Waals surface area contributed by atoms with E-state index in [0.717, 1.165) is 19.3 Å². The lowest BCUT2D eigenvalue weighted by Crippen LogP contribution is -2.54. The Bertz CT molecular complexity index is 345. The number of piperidine rings is 1. The van der Waals surface area contributed by atoms with Gasteiger partial charge in [-0.3, -0.25) is 0 Å². The molecule has 0 spiro atoms. The molecular formula is C11H26N4O2S. The van der Waals surface area contributed by atoms with Crippen molar-refractivity contribution in [2.24, 2.45) is 5.73 Å². The third-order valence-electron chi connectivity index (χ3n) is 3.14. The maximum absolute atomic E-state index is 12.3. The van der Waals surface area contributed by atoms with E-state index >= 15 is 0 Å². The Labute approximate surface area is 111 Å². The van der Waals surface area contributed by atoms with Crippen LogP contribution in [0.4, 0.5) is 0 Å². The van der Waals surface area contributed by atoms with Gasteiger partial charge in [0.05, 0.1) is 0 Å². The van der Waals surface area contributed by atoms with Crippen molar-refractivity contribution < 1.29 is 8.42 Å². The minimum Gasteiger partial charge on any atom is -0.329 e. The SMILES string of the molecule is CC(CN(C)C)NS(=O)(=O)N1CCCCC1CN. The summed E-state index contributed by atoms with van der Waals surface area (Å²) in [6.45, 7) is 3.52. The molecule has 108 valence electrons. The number of hydrogen-bond donors (Lipinski definition) is 2. The van der Waals surface area contributed by atoms with E-state index in [0.29, 0.717) is 19.6 Å². The second kappa shape index (κ2) is 6.81. The monoisotopic (exact) mass is 278 g/mol. The van der Waals surface area contributed by atoms with Crippen LogP contribution < -0.4 is 10.5 Å². The summed E-state index contributed by atoms with van der Waals surface area (Å²) < 4.78 is 28.8. The Morgan fingerprint density at radius 2 is 2.11 bits per heavy atom. The summed E-state index contributed by atoms with van der Waals surface area (Å²) in [5.74, 6) is 0. The zero-order valence-corrected chi connectivity index (χ0v) is 12.4. The minimum atomic E-state index is -3.41. The van der Waals surface area contributed by atoms with Crippen molar-refractivity contribution >= 4 is 10.2 Å². The summed E-state index contributed by atoms with van der Waals surface area (Å²) in [6.07, 6.45) is 2.83. The van der Waals surface area contributed by atoms with Crippen LogP contribution in [0.1, 0.15) is 26.2 Å². The molecule has 3 N–H and O–H groups in total. The normalized spacial score (nSPS) is 24.4. The van der Waals surface area contributed by atoms with E-state index in [1.807, 2.05) is 25.9 Å². The number of nitrogens with two attached hydrogens (primary N) is 1. The van der Waals surface area contributed by atoms with Crippen molar-refractivity contribution in [1.29, 1.82) is 0 Å². The molecule has 0 saturated carbocycles. The number of nitrogens with zero attached hydrogens (tertiary/aromatic N) is 2. The average Bonchev–Trinajstić information content (AvgIpc) is 2.27. The zero-order valence-electron chi connectivity index (χ0n) is 11.6. The number of hydrogen-bond acceptors (Lipinski definition) is 4. The van der Waals surface area contributed by atoms with Gasteiger partial charge in [-0.15, -0.1) is 0 Å². The highest BCUT2D eigenvalue weighted by atomic mass is 32.2. The largest absolute Gasteiger partial charge is 0.329 e. The molecule has 1 fully saturated rings. The Kier molecular flexibility index (Phi) is 6.00. The fourth-order valence-electron chi connectivity index (χ4n) is 2.43. The predicted octanol–water partition coefficient (Wildman–Crippen LogP) is -0.416. The summed E-state index contributed by atoms with van der Waals surface area (Å²) in [4.78, 5) is 1.96. The van der Waals surface area contributed by atoms with Gasteiger partial charge in [-0.1, -0.05) is 6.42 Å². The molecule has 0 bridgehead atoms. The van der Waals surface area contributed by atoms with Gasteiger partial charge in [0.15, 0.2) is 0 Å². The van der Waals surface area contributed by atoms with E-state index in [1.54, 1.807) is 0 Å². The first-order valence-corrected chi connectivity index (χ1v) is 7.94. The number of likely N-dealkylation sites (N-methyl/N-ethyl adjacent to an activating group) is 1. The molecule has 0 aliphatic carbocycles. The Balaban J connectivity index is 2.66. The predicted molar refractivity (Wildman–Crippen MR) is 73.5 cm³/mol. The quantitative estimate of drug-likeness (QED) is 0.692. The minimum absolute atomic E-state index is 0.0530. The van der Waals surface area contributed by atoms with Crippen LogP contribution >= 0.6 is 0 Å². The van der Waals surface area contributed by atoms with E-state index < -0.39 is 10.2 Å². The molecule has 6 nitrogen and oxygen atoms in total. The van der Waals surface area contributed by atoms with Gasteiger partial charge < -0.3 is 10.6 Å². The van der Waals surface area contributed by atoms with Crippen LogP contribution in [-0.2, 0) is 10.2 Å². The second-order valence-corrected chi connectivity index (χ2v) is 6.94. The van der Waals surface area contributed by atoms with Crippen LogP contribution in [0.5, 0.6) is 0 Å². The first-order chi connectivity index (χ1) is 8.36. The summed E-state index contributed by atoms with van der Waals surface area (Å²) in [6, 6.07) is -0.159. The van der Waals surface area contributed by atoms with E-state index in [4.69, 9.17) is 5.73 Å². The first kappa shape index (κ1) is 15.8. The van der Waals surface area contributed by atoms with Gasteiger partial charge >= 0.3 is 0 Å². The topological polar surface area (TPSA) is 78.7 Å². The van der Waals surface area contributed by atoms with Gasteiger partial charge in [0.25, 0.3) is 10.2 Å². The summed E-state index contributed by atoms with van der Waals surface area (Å²) >= 11 is 0. The van der Waals surface area contributed by atoms with Gasteiger partial charge in [0.1, 0.15) is 0 Å². The molecule has 1 saturated heterocycles. The molecule has 18 heavy (non-hydrogen) atoms. The highest BCUT2D eigenvalue weighted by Crippen LogP contribution is 2.19. The van der Waals surface area contributed by atoms with E-state index in [-0.39, 0.29) is 12.1 Å². The smallest absolute Gasteiger partial charge is 0.280 e. The third-order valence-corrected chi connectivity index (χ3v) is 4.94. The maximum Gasteiger partial charge on any atom is 0.280 e. The lowest BCUT2D eigenvalue weighted by molar-refractivity contribution is 0.251. The van der Waals surface area contributed by atoms with Crippen LogP contribution in [0.15, 0.2) is 0 Å². The molecule has 1 aliphatic rings. The van der Waals surface area contributed by atoms with E-state index in [9.17, 15) is 8.42 Å². The van der Waals surface area contributed by atoms with Crippen molar-refractivity contribution in [1.82, 2.24) is 13.9 Å². The molecule has 7 heteroatoms. The molecular weight excluding hydrogens is 252 g/mol. The zero-order chi connectivity index (χ0) is 13.8. The second-order valence-electron chi connectivity index (χ2n) is 5.28. The molecule has 1 aliphatic heterocycles. The van der Waals surface area contributed by atoms with Crippen molar-refractivity contribution in [2.45, 2.75) is 38.3 Å².